The highest BCUT2D eigenvalue weighted by atomic mass is 16.5. The molecule has 2 aromatic rings. The summed E-state index contributed by atoms with van der Waals surface area (Å²) in [6.45, 7) is 14.3. The van der Waals surface area contributed by atoms with Gasteiger partial charge in [0.25, 0.3) is 0 Å². The Kier molecular flexibility index (Phi) is 6.20. The molecule has 1 aliphatic rings. The second-order valence-electron chi connectivity index (χ2n) is 8.43. The van der Waals surface area contributed by atoms with Crippen molar-refractivity contribution < 1.29 is 19.3 Å². The van der Waals surface area contributed by atoms with Gasteiger partial charge in [-0.2, -0.15) is 0 Å². The molecule has 8 nitrogen and oxygen atoms in total. The van der Waals surface area contributed by atoms with E-state index >= 15 is 0 Å². The molecule has 0 amide bonds. The molecule has 154 valence electrons. The highest BCUT2D eigenvalue weighted by Crippen LogP contribution is 2.31. The van der Waals surface area contributed by atoms with Crippen molar-refractivity contribution in [3.8, 4) is 11.5 Å². The van der Waals surface area contributed by atoms with Gasteiger partial charge in [0.15, 0.2) is 17.5 Å². The summed E-state index contributed by atoms with van der Waals surface area (Å²) in [5, 5.41) is 12.8. The van der Waals surface area contributed by atoms with Crippen LogP contribution in [0.2, 0.25) is 0 Å². The lowest BCUT2D eigenvalue weighted by atomic mass is 10.0. The van der Waals surface area contributed by atoms with E-state index in [2.05, 4.69) is 55.4 Å². The van der Waals surface area contributed by atoms with E-state index in [1.165, 1.54) is 11.4 Å². The fourth-order valence-electron chi connectivity index (χ4n) is 4.02. The number of piperazine rings is 1. The highest BCUT2D eigenvalue weighted by Gasteiger charge is 2.37. The van der Waals surface area contributed by atoms with Crippen LogP contribution < -0.4 is 19.3 Å². The zero-order chi connectivity index (χ0) is 20.3. The Balaban J connectivity index is 2.05. The fourth-order valence-corrected chi connectivity index (χ4v) is 4.02. The molecule has 0 saturated carbocycles. The molecule has 28 heavy (non-hydrogen) atoms. The third kappa shape index (κ3) is 4.12. The first-order valence-electron chi connectivity index (χ1n) is 10.1. The summed E-state index contributed by atoms with van der Waals surface area (Å²) in [5.74, 6) is 2.36. The number of quaternary nitrogens is 2. The van der Waals surface area contributed by atoms with Gasteiger partial charge in [0.1, 0.15) is 26.2 Å². The van der Waals surface area contributed by atoms with Gasteiger partial charge in [-0.3, -0.25) is 0 Å². The van der Waals surface area contributed by atoms with E-state index < -0.39 is 0 Å². The number of aromatic nitrogens is 4. The molecule has 2 heterocycles. The predicted molar refractivity (Wildman–Crippen MR) is 106 cm³/mol. The summed E-state index contributed by atoms with van der Waals surface area (Å²) in [4.78, 5) is 3.15. The Bertz CT molecular complexity index is 777. The van der Waals surface area contributed by atoms with Crippen molar-refractivity contribution in [2.75, 3.05) is 46.9 Å². The summed E-state index contributed by atoms with van der Waals surface area (Å²) in [6.07, 6.45) is 0. The van der Waals surface area contributed by atoms with Gasteiger partial charge in [-0.15, -0.1) is 5.10 Å². The molecule has 0 radical (unpaired) electrons. The minimum atomic E-state index is -0.191. The molecule has 2 N–H and O–H groups in total. The number of benzene rings is 1. The molecule has 0 spiro atoms. The molecular formula is C20H34N6O2+2. The minimum absolute atomic E-state index is 0.0486. The lowest BCUT2D eigenvalue weighted by Gasteiger charge is -2.35. The lowest BCUT2D eigenvalue weighted by Crippen LogP contribution is -3.28. The Morgan fingerprint density at radius 2 is 1.75 bits per heavy atom. The molecule has 3 rings (SSSR count). The number of nitrogens with zero attached hydrogens (tertiary/aromatic N) is 4. The number of ether oxygens (including phenoxy) is 2. The summed E-state index contributed by atoms with van der Waals surface area (Å²) in [6, 6.07) is 6.20. The van der Waals surface area contributed by atoms with Crippen LogP contribution in [0.15, 0.2) is 18.2 Å². The van der Waals surface area contributed by atoms with Gasteiger partial charge < -0.3 is 19.3 Å². The SMILES string of the molecule is CC[NH+]1CC[NH+]([C@@H](c2ccc(OC)c(OC)c2)c2nnnn2C(C)(C)C)CC1. The van der Waals surface area contributed by atoms with E-state index in [0.717, 1.165) is 49.1 Å². The number of hydrogen-bond donors (Lipinski definition) is 2. The van der Waals surface area contributed by atoms with E-state index in [0.29, 0.717) is 0 Å². The number of nitrogens with one attached hydrogen (secondary N) is 2. The van der Waals surface area contributed by atoms with Crippen LogP contribution in [0.5, 0.6) is 11.5 Å². The zero-order valence-corrected chi connectivity index (χ0v) is 18.0. The maximum absolute atomic E-state index is 5.57. The molecule has 1 aromatic carbocycles. The summed E-state index contributed by atoms with van der Waals surface area (Å²) in [5.41, 5.74) is 0.955. The van der Waals surface area contributed by atoms with Crippen molar-refractivity contribution in [1.82, 2.24) is 20.2 Å². The van der Waals surface area contributed by atoms with E-state index in [-0.39, 0.29) is 11.6 Å². The van der Waals surface area contributed by atoms with Crippen LogP contribution in [0, 0.1) is 0 Å². The van der Waals surface area contributed by atoms with Crippen LogP contribution in [-0.4, -0.2) is 67.2 Å². The van der Waals surface area contributed by atoms with Gasteiger partial charge in [-0.05, 0) is 56.3 Å². The first kappa shape index (κ1) is 20.5. The summed E-state index contributed by atoms with van der Waals surface area (Å²) >= 11 is 0. The molecule has 1 aromatic heterocycles. The summed E-state index contributed by atoms with van der Waals surface area (Å²) in [7, 11) is 3.33. The number of likely N-dealkylation sites (N-methyl/N-ethyl adjacent to an activating group) is 1. The molecule has 1 fully saturated rings. The minimum Gasteiger partial charge on any atom is -0.493 e. The largest absolute Gasteiger partial charge is 0.493 e. The maximum atomic E-state index is 5.57. The maximum Gasteiger partial charge on any atom is 0.214 e. The average molecular weight is 391 g/mol. The van der Waals surface area contributed by atoms with E-state index in [4.69, 9.17) is 9.47 Å². The van der Waals surface area contributed by atoms with Crippen LogP contribution in [0.25, 0.3) is 0 Å². The van der Waals surface area contributed by atoms with Gasteiger partial charge in [-0.1, -0.05) is 0 Å². The average Bonchev–Trinajstić information content (AvgIpc) is 3.18. The molecule has 8 heteroatoms. The first-order valence-corrected chi connectivity index (χ1v) is 10.1. The Hall–Kier alpha value is -2.19. The second kappa shape index (κ2) is 8.45. The van der Waals surface area contributed by atoms with Crippen molar-refractivity contribution in [1.29, 1.82) is 0 Å². The van der Waals surface area contributed by atoms with Crippen LogP contribution in [-0.2, 0) is 5.54 Å². The Labute approximate surface area is 167 Å². The first-order chi connectivity index (χ1) is 13.4. The standard InChI is InChI=1S/C20H32N6O2/c1-7-24-10-12-25(13-11-24)18(19-21-22-23-26(19)20(2,3)4)15-8-9-16(27-5)17(14-15)28-6/h8-9,14,18H,7,10-13H2,1-6H3/p+2/t18-/m0/s1. The van der Waals surface area contributed by atoms with Crippen molar-refractivity contribution >= 4 is 0 Å². The Morgan fingerprint density at radius 3 is 2.32 bits per heavy atom. The van der Waals surface area contributed by atoms with Gasteiger partial charge in [-0.25, -0.2) is 4.68 Å². The van der Waals surface area contributed by atoms with Gasteiger partial charge in [0.05, 0.1) is 26.3 Å². The van der Waals surface area contributed by atoms with Crippen LogP contribution in [0.1, 0.15) is 45.1 Å². The number of rotatable bonds is 6. The van der Waals surface area contributed by atoms with E-state index in [1.807, 2.05) is 10.7 Å². The molecule has 1 saturated heterocycles. The molecule has 1 atom stereocenters. The van der Waals surface area contributed by atoms with Crippen molar-refractivity contribution in [3.05, 3.63) is 29.6 Å². The number of tetrazole rings is 1. The van der Waals surface area contributed by atoms with E-state index in [1.54, 1.807) is 19.1 Å². The molecule has 1 aliphatic heterocycles. The normalized spacial score (nSPS) is 21.4. The van der Waals surface area contributed by atoms with Crippen LogP contribution in [0.3, 0.4) is 0 Å². The van der Waals surface area contributed by atoms with Crippen molar-refractivity contribution in [2.24, 2.45) is 0 Å². The zero-order valence-electron chi connectivity index (χ0n) is 18.0. The van der Waals surface area contributed by atoms with Gasteiger partial charge in [0.2, 0.25) is 5.82 Å². The third-order valence-corrected chi connectivity index (χ3v) is 5.64. The predicted octanol–water partition coefficient (Wildman–Crippen LogP) is -0.662. The Morgan fingerprint density at radius 1 is 1.07 bits per heavy atom. The quantitative estimate of drug-likeness (QED) is 0.685. The fraction of sp³-hybridized carbons (Fsp3) is 0.650. The van der Waals surface area contributed by atoms with E-state index in [9.17, 15) is 0 Å². The number of hydrogen-bond acceptors (Lipinski definition) is 5. The van der Waals surface area contributed by atoms with Crippen molar-refractivity contribution in [2.45, 2.75) is 39.3 Å². The molecule has 0 bridgehead atoms. The van der Waals surface area contributed by atoms with Crippen LogP contribution >= 0.6 is 0 Å². The smallest absolute Gasteiger partial charge is 0.214 e. The molecular weight excluding hydrogens is 356 g/mol. The summed E-state index contributed by atoms with van der Waals surface area (Å²) < 4.78 is 13.0. The second-order valence-corrected chi connectivity index (χ2v) is 8.43. The van der Waals surface area contributed by atoms with Crippen LogP contribution in [0.4, 0.5) is 0 Å². The van der Waals surface area contributed by atoms with Gasteiger partial charge in [0, 0.05) is 5.56 Å². The number of methoxy groups -OCH3 is 2. The monoisotopic (exact) mass is 390 g/mol. The topological polar surface area (TPSA) is 70.9 Å². The van der Waals surface area contributed by atoms with Crippen molar-refractivity contribution in [3.63, 3.8) is 0 Å². The molecule has 0 aliphatic carbocycles. The highest BCUT2D eigenvalue weighted by molar-refractivity contribution is 5.44. The molecule has 0 unspecified atom stereocenters. The lowest BCUT2D eigenvalue weighted by molar-refractivity contribution is -1.02. The third-order valence-electron chi connectivity index (χ3n) is 5.64. The van der Waals surface area contributed by atoms with Gasteiger partial charge >= 0.3 is 0 Å².